The zero-order valence-electron chi connectivity index (χ0n) is 10.2. The number of carbonyl (C=O) groups is 1. The van der Waals surface area contributed by atoms with Crippen molar-refractivity contribution in [2.45, 2.75) is 32.1 Å². The van der Waals surface area contributed by atoms with Crippen LogP contribution in [0.25, 0.3) is 0 Å². The van der Waals surface area contributed by atoms with E-state index in [2.05, 4.69) is 5.32 Å². The predicted molar refractivity (Wildman–Crippen MR) is 77.2 cm³/mol. The van der Waals surface area contributed by atoms with E-state index in [4.69, 9.17) is 28.9 Å². The number of halogens is 2. The molecular weight excluding hydrogens is 271 g/mol. The van der Waals surface area contributed by atoms with Crippen molar-refractivity contribution in [1.29, 1.82) is 0 Å². The van der Waals surface area contributed by atoms with Crippen molar-refractivity contribution in [1.82, 2.24) is 0 Å². The van der Waals surface area contributed by atoms with Gasteiger partial charge < -0.3 is 11.1 Å². The van der Waals surface area contributed by atoms with Crippen LogP contribution in [-0.4, -0.2) is 12.5 Å². The van der Waals surface area contributed by atoms with E-state index in [1.54, 1.807) is 18.2 Å². The van der Waals surface area contributed by atoms with Gasteiger partial charge in [-0.15, -0.1) is 0 Å². The molecule has 0 aliphatic rings. The summed E-state index contributed by atoms with van der Waals surface area (Å²) in [6, 6.07) is 5.02. The van der Waals surface area contributed by atoms with E-state index in [9.17, 15) is 4.79 Å². The molecule has 18 heavy (non-hydrogen) atoms. The van der Waals surface area contributed by atoms with Crippen LogP contribution in [0.2, 0.25) is 10.0 Å². The van der Waals surface area contributed by atoms with E-state index >= 15 is 0 Å². The Bertz CT molecular complexity index is 397. The molecule has 0 saturated carbocycles. The van der Waals surface area contributed by atoms with E-state index in [0.717, 1.165) is 25.7 Å². The predicted octanol–water partition coefficient (Wildman–Crippen LogP) is 3.84. The van der Waals surface area contributed by atoms with E-state index in [1.807, 2.05) is 0 Å². The molecule has 3 nitrogen and oxygen atoms in total. The van der Waals surface area contributed by atoms with Gasteiger partial charge in [0.2, 0.25) is 5.91 Å². The molecule has 1 rings (SSSR count). The molecule has 1 aromatic carbocycles. The van der Waals surface area contributed by atoms with E-state index in [0.29, 0.717) is 28.7 Å². The smallest absolute Gasteiger partial charge is 0.224 e. The molecule has 1 aromatic rings. The fraction of sp³-hybridized carbons (Fsp3) is 0.462. The molecule has 0 aliphatic heterocycles. The largest absolute Gasteiger partial charge is 0.330 e. The second kappa shape index (κ2) is 8.35. The van der Waals surface area contributed by atoms with Gasteiger partial charge in [-0.25, -0.2) is 0 Å². The van der Waals surface area contributed by atoms with Gasteiger partial charge in [0.1, 0.15) is 0 Å². The number of amides is 1. The van der Waals surface area contributed by atoms with E-state index < -0.39 is 0 Å². The van der Waals surface area contributed by atoms with Gasteiger partial charge in [0.05, 0.1) is 10.7 Å². The summed E-state index contributed by atoms with van der Waals surface area (Å²) < 4.78 is 0. The molecule has 0 bridgehead atoms. The number of carbonyl (C=O) groups excluding carboxylic acids is 1. The highest BCUT2D eigenvalue weighted by Gasteiger charge is 2.06. The van der Waals surface area contributed by atoms with Crippen molar-refractivity contribution in [3.8, 4) is 0 Å². The van der Waals surface area contributed by atoms with Gasteiger partial charge in [-0.3, -0.25) is 4.79 Å². The van der Waals surface area contributed by atoms with Crippen LogP contribution in [0.1, 0.15) is 32.1 Å². The zero-order valence-corrected chi connectivity index (χ0v) is 11.7. The molecule has 0 saturated heterocycles. The number of benzene rings is 1. The fourth-order valence-corrected chi connectivity index (χ4v) is 2.04. The normalized spacial score (nSPS) is 10.4. The third-order valence-electron chi connectivity index (χ3n) is 2.56. The second-order valence-electron chi connectivity index (χ2n) is 4.13. The topological polar surface area (TPSA) is 55.1 Å². The van der Waals surface area contributed by atoms with Gasteiger partial charge >= 0.3 is 0 Å². The summed E-state index contributed by atoms with van der Waals surface area (Å²) in [5.41, 5.74) is 6.00. The molecule has 0 radical (unpaired) electrons. The Morgan fingerprint density at radius 2 is 1.89 bits per heavy atom. The van der Waals surface area contributed by atoms with Crippen LogP contribution >= 0.6 is 23.2 Å². The van der Waals surface area contributed by atoms with Crippen molar-refractivity contribution >= 4 is 34.8 Å². The summed E-state index contributed by atoms with van der Waals surface area (Å²) in [6.07, 6.45) is 4.50. The lowest BCUT2D eigenvalue weighted by Gasteiger charge is -2.07. The second-order valence-corrected chi connectivity index (χ2v) is 4.97. The fourth-order valence-electron chi connectivity index (χ4n) is 1.59. The lowest BCUT2D eigenvalue weighted by Crippen LogP contribution is -2.11. The quantitative estimate of drug-likeness (QED) is 0.749. The lowest BCUT2D eigenvalue weighted by atomic mass is 10.1. The molecule has 100 valence electrons. The average Bonchev–Trinajstić information content (AvgIpc) is 2.32. The van der Waals surface area contributed by atoms with E-state index in [-0.39, 0.29) is 5.91 Å². The van der Waals surface area contributed by atoms with Crippen molar-refractivity contribution in [3.05, 3.63) is 28.2 Å². The molecule has 0 spiro atoms. The molecule has 0 fully saturated rings. The third-order valence-corrected chi connectivity index (χ3v) is 3.11. The molecule has 5 heteroatoms. The summed E-state index contributed by atoms with van der Waals surface area (Å²) in [5.74, 6) is -0.0213. The first-order chi connectivity index (χ1) is 8.63. The third kappa shape index (κ3) is 5.71. The Morgan fingerprint density at radius 3 is 2.56 bits per heavy atom. The Kier molecular flexibility index (Phi) is 7.09. The Labute approximate surface area is 118 Å². The highest BCUT2D eigenvalue weighted by atomic mass is 35.5. The molecule has 0 atom stereocenters. The number of nitrogens with one attached hydrogen (secondary N) is 1. The first kappa shape index (κ1) is 15.3. The summed E-state index contributed by atoms with van der Waals surface area (Å²) in [5, 5.41) is 3.79. The summed E-state index contributed by atoms with van der Waals surface area (Å²) >= 11 is 11.7. The first-order valence-electron chi connectivity index (χ1n) is 6.08. The highest BCUT2D eigenvalue weighted by Crippen LogP contribution is 2.25. The Hall–Kier alpha value is -0.770. The van der Waals surface area contributed by atoms with Crippen molar-refractivity contribution in [2.24, 2.45) is 5.73 Å². The lowest BCUT2D eigenvalue weighted by molar-refractivity contribution is -0.116. The maximum absolute atomic E-state index is 11.7. The maximum Gasteiger partial charge on any atom is 0.224 e. The van der Waals surface area contributed by atoms with Crippen molar-refractivity contribution in [3.63, 3.8) is 0 Å². The molecule has 3 N–H and O–H groups in total. The van der Waals surface area contributed by atoms with Gasteiger partial charge in [0.15, 0.2) is 0 Å². The van der Waals surface area contributed by atoms with Crippen LogP contribution in [0.15, 0.2) is 18.2 Å². The maximum atomic E-state index is 11.7. The van der Waals surface area contributed by atoms with Gasteiger partial charge in [0.25, 0.3) is 0 Å². The number of hydrogen-bond acceptors (Lipinski definition) is 2. The SMILES string of the molecule is NCCCCCCC(=O)Nc1ccc(Cl)cc1Cl. The van der Waals surface area contributed by atoms with Gasteiger partial charge in [0, 0.05) is 11.4 Å². The minimum absolute atomic E-state index is 0.0213. The highest BCUT2D eigenvalue weighted by molar-refractivity contribution is 6.36. The van der Waals surface area contributed by atoms with E-state index in [1.165, 1.54) is 0 Å². The number of nitrogens with two attached hydrogens (primary N) is 1. The van der Waals surface area contributed by atoms with Gasteiger partial charge in [-0.1, -0.05) is 36.0 Å². The summed E-state index contributed by atoms with van der Waals surface area (Å²) in [6.45, 7) is 0.715. The molecular formula is C13H18Cl2N2O. The molecule has 0 aromatic heterocycles. The average molecular weight is 289 g/mol. The van der Waals surface area contributed by atoms with Crippen molar-refractivity contribution < 1.29 is 4.79 Å². The van der Waals surface area contributed by atoms with Crippen LogP contribution in [0.4, 0.5) is 5.69 Å². The minimum atomic E-state index is -0.0213. The van der Waals surface area contributed by atoms with Crippen LogP contribution in [-0.2, 0) is 4.79 Å². The monoisotopic (exact) mass is 288 g/mol. The van der Waals surface area contributed by atoms with Crippen molar-refractivity contribution in [2.75, 3.05) is 11.9 Å². The Balaban J connectivity index is 2.31. The molecule has 0 unspecified atom stereocenters. The summed E-state index contributed by atoms with van der Waals surface area (Å²) in [7, 11) is 0. The number of hydrogen-bond donors (Lipinski definition) is 2. The standard InChI is InChI=1S/C13H18Cl2N2O/c14-10-6-7-12(11(15)9-10)17-13(18)5-3-1-2-4-8-16/h6-7,9H,1-5,8,16H2,(H,17,18). The Morgan fingerprint density at radius 1 is 1.17 bits per heavy atom. The van der Waals surface area contributed by atoms with Gasteiger partial charge in [-0.05, 0) is 37.6 Å². The number of unbranched alkanes of at least 4 members (excludes halogenated alkanes) is 3. The van der Waals surface area contributed by atoms with Crippen LogP contribution in [0.3, 0.4) is 0 Å². The zero-order chi connectivity index (χ0) is 13.4. The molecule has 0 aliphatic carbocycles. The molecule has 1 amide bonds. The molecule has 0 heterocycles. The van der Waals surface area contributed by atoms with Gasteiger partial charge in [-0.2, -0.15) is 0 Å². The summed E-state index contributed by atoms with van der Waals surface area (Å²) in [4.78, 5) is 11.7. The number of anilines is 1. The van der Waals surface area contributed by atoms with Crippen LogP contribution in [0, 0.1) is 0 Å². The van der Waals surface area contributed by atoms with Crippen LogP contribution in [0.5, 0.6) is 0 Å². The number of rotatable bonds is 7. The minimum Gasteiger partial charge on any atom is -0.330 e. The van der Waals surface area contributed by atoms with Crippen LogP contribution < -0.4 is 11.1 Å². The first-order valence-corrected chi connectivity index (χ1v) is 6.84.